The average molecular weight is 363 g/mol. The number of pyridine rings is 1. The molecule has 0 bridgehead atoms. The summed E-state index contributed by atoms with van der Waals surface area (Å²) in [4.78, 5) is 19.1. The second-order valence-electron chi connectivity index (χ2n) is 8.69. The first-order chi connectivity index (χ1) is 12.8. The monoisotopic (exact) mass is 363 g/mol. The van der Waals surface area contributed by atoms with Crippen LogP contribution in [0.5, 0.6) is 0 Å². The smallest absolute Gasteiger partial charge is 0.266 e. The Balaban J connectivity index is 1.48. The summed E-state index contributed by atoms with van der Waals surface area (Å²) in [6, 6.07) is 7.74. The summed E-state index contributed by atoms with van der Waals surface area (Å²) >= 11 is 0. The number of aryl methyl sites for hydroxylation is 2. The van der Waals surface area contributed by atoms with Gasteiger partial charge in [0.25, 0.3) is 5.56 Å². The largest absolute Gasteiger partial charge is 0.355 e. The van der Waals surface area contributed by atoms with Crippen molar-refractivity contribution in [3.63, 3.8) is 0 Å². The molecule has 2 aliphatic rings. The third-order valence-electron chi connectivity index (χ3n) is 5.47. The highest BCUT2D eigenvalue weighted by molar-refractivity contribution is 5.58. The van der Waals surface area contributed by atoms with E-state index in [0.29, 0.717) is 18.0 Å². The van der Waals surface area contributed by atoms with Crippen molar-refractivity contribution < 1.29 is 0 Å². The van der Waals surface area contributed by atoms with Gasteiger partial charge in [-0.3, -0.25) is 4.79 Å². The van der Waals surface area contributed by atoms with Gasteiger partial charge in [-0.05, 0) is 37.0 Å². The molecule has 0 aromatic carbocycles. The number of nitrogens with zero attached hydrogens (tertiary/aromatic N) is 5. The van der Waals surface area contributed by atoms with Crippen LogP contribution in [0, 0.1) is 17.2 Å². The van der Waals surface area contributed by atoms with E-state index in [9.17, 15) is 10.1 Å². The van der Waals surface area contributed by atoms with Crippen molar-refractivity contribution in [1.82, 2.24) is 14.8 Å². The summed E-state index contributed by atoms with van der Waals surface area (Å²) in [6.07, 6.45) is 3.15. The van der Waals surface area contributed by atoms with E-state index in [2.05, 4.69) is 36.8 Å². The van der Waals surface area contributed by atoms with Crippen LogP contribution in [0.1, 0.15) is 49.7 Å². The van der Waals surface area contributed by atoms with E-state index >= 15 is 0 Å². The highest BCUT2D eigenvalue weighted by Crippen LogP contribution is 2.31. The number of nitriles is 1. The van der Waals surface area contributed by atoms with Crippen LogP contribution in [0.15, 0.2) is 23.0 Å². The van der Waals surface area contributed by atoms with Gasteiger partial charge in [-0.15, -0.1) is 0 Å². The number of hydrogen-bond donors (Lipinski definition) is 0. The Morgan fingerprint density at radius 2 is 2.04 bits per heavy atom. The van der Waals surface area contributed by atoms with Crippen LogP contribution >= 0.6 is 0 Å². The molecule has 140 valence electrons. The molecular formula is C21H25N5O. The van der Waals surface area contributed by atoms with Gasteiger partial charge < -0.3 is 4.90 Å². The Hall–Kier alpha value is -2.68. The molecule has 6 heteroatoms. The molecule has 1 saturated heterocycles. The van der Waals surface area contributed by atoms with Crippen LogP contribution in [0.3, 0.4) is 0 Å². The van der Waals surface area contributed by atoms with Gasteiger partial charge in [0.15, 0.2) is 0 Å². The molecule has 2 aromatic rings. The van der Waals surface area contributed by atoms with Crippen LogP contribution in [-0.4, -0.2) is 27.9 Å². The van der Waals surface area contributed by atoms with E-state index in [1.54, 1.807) is 10.7 Å². The Morgan fingerprint density at radius 1 is 1.26 bits per heavy atom. The summed E-state index contributed by atoms with van der Waals surface area (Å²) in [7, 11) is 0. The number of rotatable bonds is 3. The Morgan fingerprint density at radius 3 is 2.74 bits per heavy atom. The van der Waals surface area contributed by atoms with Gasteiger partial charge in [0.1, 0.15) is 11.9 Å². The predicted molar refractivity (Wildman–Crippen MR) is 104 cm³/mol. The van der Waals surface area contributed by atoms with E-state index in [1.807, 2.05) is 12.1 Å². The second-order valence-corrected chi connectivity index (χ2v) is 8.69. The van der Waals surface area contributed by atoms with Crippen LogP contribution < -0.4 is 10.5 Å². The van der Waals surface area contributed by atoms with Gasteiger partial charge in [-0.2, -0.15) is 10.4 Å². The van der Waals surface area contributed by atoms with Crippen LogP contribution in [0.2, 0.25) is 0 Å². The molecule has 0 spiro atoms. The average Bonchev–Trinajstić information content (AvgIpc) is 3.04. The van der Waals surface area contributed by atoms with Crippen LogP contribution in [-0.2, 0) is 24.8 Å². The molecule has 4 rings (SSSR count). The topological polar surface area (TPSA) is 74.8 Å². The van der Waals surface area contributed by atoms with Crippen molar-refractivity contribution in [3.8, 4) is 6.07 Å². The number of anilines is 1. The molecule has 0 radical (unpaired) electrons. The molecule has 0 atom stereocenters. The maximum Gasteiger partial charge on any atom is 0.266 e. The van der Waals surface area contributed by atoms with Gasteiger partial charge in [0, 0.05) is 36.2 Å². The van der Waals surface area contributed by atoms with Crippen molar-refractivity contribution in [2.24, 2.45) is 5.92 Å². The predicted octanol–water partition coefficient (Wildman–Crippen LogP) is 2.43. The standard InChI is InChI=1S/C21H25N5O/c1-21(2,3)18-7-8-19(27)26(24-18)13-14-11-25(12-14)20-16(10-22)9-15-5-4-6-17(15)23-20/h7-9,14H,4-6,11-13H2,1-3H3. The van der Waals surface area contributed by atoms with Crippen LogP contribution in [0.25, 0.3) is 0 Å². The molecule has 0 amide bonds. The zero-order valence-corrected chi connectivity index (χ0v) is 16.2. The van der Waals surface area contributed by atoms with Gasteiger partial charge >= 0.3 is 0 Å². The lowest BCUT2D eigenvalue weighted by Crippen LogP contribution is -2.50. The quantitative estimate of drug-likeness (QED) is 0.837. The lowest BCUT2D eigenvalue weighted by atomic mass is 9.92. The summed E-state index contributed by atoms with van der Waals surface area (Å²) in [6.45, 7) is 8.49. The van der Waals surface area contributed by atoms with Crippen molar-refractivity contribution in [2.75, 3.05) is 18.0 Å². The molecule has 1 aliphatic carbocycles. The molecule has 0 N–H and O–H groups in total. The molecule has 6 nitrogen and oxygen atoms in total. The molecule has 3 heterocycles. The van der Waals surface area contributed by atoms with Crippen molar-refractivity contribution in [3.05, 3.63) is 51.1 Å². The SMILES string of the molecule is CC(C)(C)c1ccc(=O)n(CC2CN(c3nc4c(cc3C#N)CCC4)C2)n1. The highest BCUT2D eigenvalue weighted by Gasteiger charge is 2.31. The minimum atomic E-state index is -0.0862. The van der Waals surface area contributed by atoms with Gasteiger partial charge in [-0.1, -0.05) is 20.8 Å². The lowest BCUT2D eigenvalue weighted by Gasteiger charge is -2.40. The fourth-order valence-corrected chi connectivity index (χ4v) is 3.87. The van der Waals surface area contributed by atoms with Crippen molar-refractivity contribution in [1.29, 1.82) is 5.26 Å². The molecule has 1 aliphatic heterocycles. The minimum Gasteiger partial charge on any atom is -0.355 e. The molecule has 0 saturated carbocycles. The Labute approximate surface area is 159 Å². The summed E-state index contributed by atoms with van der Waals surface area (Å²) in [5.41, 5.74) is 3.81. The maximum absolute atomic E-state index is 12.2. The second kappa shape index (κ2) is 6.49. The minimum absolute atomic E-state index is 0.0604. The van der Waals surface area contributed by atoms with E-state index in [4.69, 9.17) is 4.98 Å². The lowest BCUT2D eigenvalue weighted by molar-refractivity contribution is 0.327. The molecular weight excluding hydrogens is 338 g/mol. The zero-order chi connectivity index (χ0) is 19.2. The van der Waals surface area contributed by atoms with E-state index < -0.39 is 0 Å². The number of hydrogen-bond acceptors (Lipinski definition) is 5. The van der Waals surface area contributed by atoms with E-state index in [0.717, 1.165) is 49.6 Å². The highest BCUT2D eigenvalue weighted by atomic mass is 16.1. The molecule has 2 aromatic heterocycles. The summed E-state index contributed by atoms with van der Waals surface area (Å²) in [5, 5.41) is 14.1. The fraction of sp³-hybridized carbons (Fsp3) is 0.524. The molecule has 0 unspecified atom stereocenters. The van der Waals surface area contributed by atoms with Crippen LogP contribution in [0.4, 0.5) is 5.82 Å². The van der Waals surface area contributed by atoms with Gasteiger partial charge in [0.2, 0.25) is 0 Å². The van der Waals surface area contributed by atoms with Gasteiger partial charge in [0.05, 0.1) is 17.8 Å². The van der Waals surface area contributed by atoms with Gasteiger partial charge in [-0.25, -0.2) is 9.67 Å². The van der Waals surface area contributed by atoms with Crippen molar-refractivity contribution >= 4 is 5.82 Å². The zero-order valence-electron chi connectivity index (χ0n) is 16.2. The van der Waals surface area contributed by atoms with E-state index in [-0.39, 0.29) is 11.0 Å². The molecule has 1 fully saturated rings. The Kier molecular flexibility index (Phi) is 4.26. The maximum atomic E-state index is 12.2. The summed E-state index contributed by atoms with van der Waals surface area (Å²) < 4.78 is 1.59. The number of fused-ring (bicyclic) bond motifs is 1. The first-order valence-corrected chi connectivity index (χ1v) is 9.61. The first-order valence-electron chi connectivity index (χ1n) is 9.61. The third kappa shape index (κ3) is 3.34. The third-order valence-corrected chi connectivity index (χ3v) is 5.47. The summed E-state index contributed by atoms with van der Waals surface area (Å²) in [5.74, 6) is 1.14. The molecule has 27 heavy (non-hydrogen) atoms. The normalized spacial score (nSPS) is 16.7. The van der Waals surface area contributed by atoms with Crippen molar-refractivity contribution in [2.45, 2.75) is 52.0 Å². The fourth-order valence-electron chi connectivity index (χ4n) is 3.87. The van der Waals surface area contributed by atoms with E-state index in [1.165, 1.54) is 5.56 Å². The number of aromatic nitrogens is 3. The first kappa shape index (κ1) is 17.7. The Bertz CT molecular complexity index is 974.